The molecule has 34 heavy (non-hydrogen) atoms. The average Bonchev–Trinajstić information content (AvgIpc) is 2.86. The van der Waals surface area contributed by atoms with Crippen molar-refractivity contribution in [2.75, 3.05) is 14.2 Å². The predicted octanol–water partition coefficient (Wildman–Crippen LogP) is 8.40. The molecule has 0 saturated heterocycles. The first-order chi connectivity index (χ1) is 16.1. The van der Waals surface area contributed by atoms with Crippen LogP contribution in [0.5, 0.6) is 0 Å². The summed E-state index contributed by atoms with van der Waals surface area (Å²) in [6.45, 7) is 10.8. The summed E-state index contributed by atoms with van der Waals surface area (Å²) in [7, 11) is 2.88. The number of halogens is 4. The van der Waals surface area contributed by atoms with Crippen molar-refractivity contribution in [3.05, 3.63) is 77.1 Å². The molecule has 188 valence electrons. The van der Waals surface area contributed by atoms with Crippen LogP contribution >= 0.6 is 0 Å². The molecule has 1 aromatic rings. The summed E-state index contributed by atoms with van der Waals surface area (Å²) in [5, 5.41) is 0. The maximum atomic E-state index is 14.8. The van der Waals surface area contributed by atoms with E-state index in [1.807, 2.05) is 13.0 Å². The van der Waals surface area contributed by atoms with E-state index in [1.165, 1.54) is 7.11 Å². The molecule has 0 N–H and O–H groups in total. The average molecular weight is 481 g/mol. The van der Waals surface area contributed by atoms with E-state index in [0.29, 0.717) is 43.2 Å². The van der Waals surface area contributed by atoms with Crippen molar-refractivity contribution in [1.82, 2.24) is 0 Å². The third kappa shape index (κ3) is 7.08. The van der Waals surface area contributed by atoms with E-state index in [1.54, 1.807) is 26.2 Å². The summed E-state index contributed by atoms with van der Waals surface area (Å²) >= 11 is 0. The summed E-state index contributed by atoms with van der Waals surface area (Å²) in [6.07, 6.45) is 6.58. The molecule has 0 radical (unpaired) electrons. The van der Waals surface area contributed by atoms with Crippen LogP contribution in [0.3, 0.4) is 0 Å². The van der Waals surface area contributed by atoms with Gasteiger partial charge in [0, 0.05) is 12.7 Å². The lowest BCUT2D eigenvalue weighted by Gasteiger charge is -2.21. The standard InChI is InChI=1S/C28H36F4O2/c1-17(7-9-18(2)19(3)25(29)26(30)20(4)33-5)8-10-22-13-16-24(28(32)27(22)31)21-11-14-23(34-6)15-12-21/h11,13,16-18,23H,3-4,7-10,12,14-15H2,1-2,5-6H3/b26-25-. The molecule has 1 aromatic carbocycles. The molecule has 0 saturated carbocycles. The quantitative estimate of drug-likeness (QED) is 0.170. The van der Waals surface area contributed by atoms with Gasteiger partial charge in [-0.25, -0.2) is 13.2 Å². The van der Waals surface area contributed by atoms with E-state index in [0.717, 1.165) is 18.4 Å². The highest BCUT2D eigenvalue weighted by Gasteiger charge is 2.22. The Hall–Kier alpha value is -2.34. The summed E-state index contributed by atoms with van der Waals surface area (Å²) in [6, 6.07) is 3.33. The highest BCUT2D eigenvalue weighted by Crippen LogP contribution is 2.33. The lowest BCUT2D eigenvalue weighted by atomic mass is 9.88. The van der Waals surface area contributed by atoms with Gasteiger partial charge in [-0.15, -0.1) is 0 Å². The zero-order chi connectivity index (χ0) is 25.4. The number of benzene rings is 1. The summed E-state index contributed by atoms with van der Waals surface area (Å²) in [5.74, 6) is -4.24. The number of methoxy groups -OCH3 is 2. The fourth-order valence-corrected chi connectivity index (χ4v) is 4.12. The van der Waals surface area contributed by atoms with Crippen molar-refractivity contribution in [3.8, 4) is 0 Å². The maximum absolute atomic E-state index is 14.8. The van der Waals surface area contributed by atoms with Gasteiger partial charge >= 0.3 is 0 Å². The minimum Gasteiger partial charge on any atom is -0.494 e. The van der Waals surface area contributed by atoms with Gasteiger partial charge in [-0.3, -0.25) is 0 Å². The van der Waals surface area contributed by atoms with E-state index in [4.69, 9.17) is 4.74 Å². The van der Waals surface area contributed by atoms with Crippen molar-refractivity contribution in [2.45, 2.75) is 64.9 Å². The van der Waals surface area contributed by atoms with Crippen LogP contribution in [-0.2, 0) is 15.9 Å². The molecule has 6 heteroatoms. The zero-order valence-electron chi connectivity index (χ0n) is 20.7. The molecule has 1 aliphatic rings. The van der Waals surface area contributed by atoms with Crippen LogP contribution in [-0.4, -0.2) is 20.3 Å². The van der Waals surface area contributed by atoms with Crippen LogP contribution < -0.4 is 0 Å². The fourth-order valence-electron chi connectivity index (χ4n) is 4.12. The van der Waals surface area contributed by atoms with E-state index in [9.17, 15) is 17.6 Å². The summed E-state index contributed by atoms with van der Waals surface area (Å²) < 4.78 is 67.6. The largest absolute Gasteiger partial charge is 0.494 e. The zero-order valence-corrected chi connectivity index (χ0v) is 20.7. The SMILES string of the molecule is C=C(OC)/C(F)=C(/F)C(=C)C(C)CCC(C)CCc1ccc(C2=CCC(OC)CC2)c(F)c1F. The van der Waals surface area contributed by atoms with Crippen LogP contribution in [0.2, 0.25) is 0 Å². The Bertz CT molecular complexity index is 948. The van der Waals surface area contributed by atoms with Gasteiger partial charge < -0.3 is 9.47 Å². The summed E-state index contributed by atoms with van der Waals surface area (Å²) in [4.78, 5) is 0. The molecular weight excluding hydrogens is 444 g/mol. The fraction of sp³-hybridized carbons (Fsp3) is 0.500. The first-order valence-corrected chi connectivity index (χ1v) is 11.8. The highest BCUT2D eigenvalue weighted by atomic mass is 19.2. The highest BCUT2D eigenvalue weighted by molar-refractivity contribution is 5.67. The first kappa shape index (κ1) is 27.9. The van der Waals surface area contributed by atoms with E-state index in [-0.39, 0.29) is 29.3 Å². The third-order valence-electron chi connectivity index (χ3n) is 6.76. The molecule has 0 aromatic heterocycles. The second-order valence-corrected chi connectivity index (χ2v) is 9.16. The van der Waals surface area contributed by atoms with Crippen molar-refractivity contribution in [2.24, 2.45) is 11.8 Å². The smallest absolute Gasteiger partial charge is 0.200 e. The molecule has 2 nitrogen and oxygen atoms in total. The topological polar surface area (TPSA) is 18.5 Å². The molecule has 3 atom stereocenters. The Kier molecular flexibility index (Phi) is 10.6. The Morgan fingerprint density at radius 1 is 1.03 bits per heavy atom. The van der Waals surface area contributed by atoms with Crippen molar-refractivity contribution < 1.29 is 27.0 Å². The molecule has 0 fully saturated rings. The Labute approximate surface area is 201 Å². The van der Waals surface area contributed by atoms with Gasteiger partial charge in [-0.05, 0) is 67.1 Å². The monoisotopic (exact) mass is 480 g/mol. The molecule has 1 aliphatic carbocycles. The van der Waals surface area contributed by atoms with Crippen LogP contribution in [0.4, 0.5) is 17.6 Å². The lowest BCUT2D eigenvalue weighted by Crippen LogP contribution is -2.14. The summed E-state index contributed by atoms with van der Waals surface area (Å²) in [5.41, 5.74) is 1.56. The van der Waals surface area contributed by atoms with Crippen LogP contribution in [0, 0.1) is 23.5 Å². The number of aryl methyl sites for hydroxylation is 1. The van der Waals surface area contributed by atoms with Crippen molar-refractivity contribution >= 4 is 5.57 Å². The molecule has 0 spiro atoms. The van der Waals surface area contributed by atoms with Crippen molar-refractivity contribution in [3.63, 3.8) is 0 Å². The molecular formula is C28H36F4O2. The van der Waals surface area contributed by atoms with Gasteiger partial charge in [-0.1, -0.05) is 51.6 Å². The Balaban J connectivity index is 1.92. The second-order valence-electron chi connectivity index (χ2n) is 9.16. The molecule has 0 bridgehead atoms. The number of hydrogen-bond donors (Lipinski definition) is 0. The molecule has 0 aliphatic heterocycles. The molecule has 2 rings (SSSR count). The normalized spacial score (nSPS) is 18.6. The van der Waals surface area contributed by atoms with Gasteiger partial charge in [0.2, 0.25) is 0 Å². The van der Waals surface area contributed by atoms with Gasteiger partial charge in [0.1, 0.15) is 5.76 Å². The Morgan fingerprint density at radius 3 is 2.32 bits per heavy atom. The maximum Gasteiger partial charge on any atom is 0.200 e. The molecule has 0 heterocycles. The number of hydrogen-bond acceptors (Lipinski definition) is 2. The predicted molar refractivity (Wildman–Crippen MR) is 129 cm³/mol. The lowest BCUT2D eigenvalue weighted by molar-refractivity contribution is 0.0964. The third-order valence-corrected chi connectivity index (χ3v) is 6.76. The van der Waals surface area contributed by atoms with E-state index in [2.05, 4.69) is 17.9 Å². The van der Waals surface area contributed by atoms with Crippen LogP contribution in [0.1, 0.15) is 63.5 Å². The van der Waals surface area contributed by atoms with Gasteiger partial charge in [0.15, 0.2) is 23.3 Å². The minimum absolute atomic E-state index is 0.0560. The van der Waals surface area contributed by atoms with Gasteiger partial charge in [-0.2, -0.15) is 4.39 Å². The minimum atomic E-state index is -1.14. The Morgan fingerprint density at radius 2 is 1.74 bits per heavy atom. The number of allylic oxidation sites excluding steroid dienone is 4. The van der Waals surface area contributed by atoms with Gasteiger partial charge in [0.25, 0.3) is 0 Å². The van der Waals surface area contributed by atoms with E-state index >= 15 is 0 Å². The van der Waals surface area contributed by atoms with Crippen molar-refractivity contribution in [1.29, 1.82) is 0 Å². The molecule has 0 amide bonds. The van der Waals surface area contributed by atoms with Crippen LogP contribution in [0.25, 0.3) is 5.57 Å². The molecule has 3 unspecified atom stereocenters. The number of ether oxygens (including phenoxy) is 2. The van der Waals surface area contributed by atoms with E-state index < -0.39 is 23.3 Å². The second kappa shape index (κ2) is 12.9. The van der Waals surface area contributed by atoms with Crippen LogP contribution in [0.15, 0.2) is 54.4 Å². The number of rotatable bonds is 12. The first-order valence-electron chi connectivity index (χ1n) is 11.8. The van der Waals surface area contributed by atoms with Gasteiger partial charge in [0.05, 0.1) is 13.2 Å².